The first-order valence-corrected chi connectivity index (χ1v) is 10.0. The number of amides is 1. The molecule has 0 atom stereocenters. The van der Waals surface area contributed by atoms with E-state index < -0.39 is 0 Å². The van der Waals surface area contributed by atoms with Gasteiger partial charge >= 0.3 is 0 Å². The molecular weight excluding hydrogens is 366 g/mol. The highest BCUT2D eigenvalue weighted by Crippen LogP contribution is 2.26. The zero-order valence-electron chi connectivity index (χ0n) is 14.3. The predicted molar refractivity (Wildman–Crippen MR) is 107 cm³/mol. The number of anilines is 1. The molecule has 26 heavy (non-hydrogen) atoms. The van der Waals surface area contributed by atoms with Gasteiger partial charge in [-0.2, -0.15) is 0 Å². The summed E-state index contributed by atoms with van der Waals surface area (Å²) >= 11 is 3.16. The second-order valence-electron chi connectivity index (χ2n) is 5.45. The van der Waals surface area contributed by atoms with Crippen molar-refractivity contribution in [3.05, 3.63) is 54.2 Å². The molecule has 3 aromatic rings. The van der Waals surface area contributed by atoms with Crippen LogP contribution in [0.3, 0.4) is 0 Å². The minimum Gasteiger partial charge on any atom is -0.497 e. The Balaban J connectivity index is 1.45. The fraction of sp³-hybridized carbons (Fsp3) is 0.211. The van der Waals surface area contributed by atoms with Crippen LogP contribution < -0.4 is 10.1 Å². The highest BCUT2D eigenvalue weighted by molar-refractivity contribution is 7.99. The van der Waals surface area contributed by atoms with Crippen LogP contribution in [0.15, 0.2) is 59.1 Å². The third-order valence-electron chi connectivity index (χ3n) is 3.60. The molecule has 134 valence electrons. The second-order valence-corrected chi connectivity index (χ2v) is 7.48. The van der Waals surface area contributed by atoms with Gasteiger partial charge in [0.05, 0.1) is 12.8 Å². The molecule has 0 radical (unpaired) electrons. The molecular formula is C19H19N3O2S2. The van der Waals surface area contributed by atoms with Crippen molar-refractivity contribution in [2.75, 3.05) is 18.2 Å². The number of thioether (sulfide) groups is 1. The summed E-state index contributed by atoms with van der Waals surface area (Å²) in [7, 11) is 1.64. The fourth-order valence-corrected chi connectivity index (χ4v) is 3.84. The van der Waals surface area contributed by atoms with Crippen molar-refractivity contribution in [1.29, 1.82) is 0 Å². The van der Waals surface area contributed by atoms with Gasteiger partial charge in [0, 0.05) is 34.7 Å². The zero-order chi connectivity index (χ0) is 18.2. The maximum atomic E-state index is 12.1. The molecule has 3 rings (SSSR count). The average molecular weight is 386 g/mol. The normalized spacial score (nSPS) is 10.5. The van der Waals surface area contributed by atoms with E-state index in [4.69, 9.17) is 4.74 Å². The molecule has 0 aliphatic heterocycles. The number of aromatic nitrogens is 2. The Hall–Kier alpha value is -2.38. The number of rotatable bonds is 8. The molecule has 1 aromatic carbocycles. The largest absolute Gasteiger partial charge is 0.497 e. The van der Waals surface area contributed by atoms with Gasteiger partial charge in [-0.15, -0.1) is 23.1 Å². The van der Waals surface area contributed by atoms with Gasteiger partial charge in [0.1, 0.15) is 5.75 Å². The van der Waals surface area contributed by atoms with E-state index in [2.05, 4.69) is 15.3 Å². The average Bonchev–Trinajstić information content (AvgIpc) is 3.14. The topological polar surface area (TPSA) is 64.1 Å². The molecule has 0 fully saturated rings. The lowest BCUT2D eigenvalue weighted by atomic mass is 10.2. The summed E-state index contributed by atoms with van der Waals surface area (Å²) in [5.74, 6) is 1.70. The van der Waals surface area contributed by atoms with Crippen molar-refractivity contribution in [2.45, 2.75) is 17.7 Å². The van der Waals surface area contributed by atoms with Crippen molar-refractivity contribution in [3.63, 3.8) is 0 Å². The fourth-order valence-electron chi connectivity index (χ4n) is 2.26. The first-order valence-electron chi connectivity index (χ1n) is 8.17. The van der Waals surface area contributed by atoms with E-state index in [1.165, 1.54) is 16.2 Å². The highest BCUT2D eigenvalue weighted by Gasteiger charge is 2.08. The van der Waals surface area contributed by atoms with Gasteiger partial charge in [0.15, 0.2) is 5.13 Å². The highest BCUT2D eigenvalue weighted by atomic mass is 32.2. The lowest BCUT2D eigenvalue weighted by Crippen LogP contribution is -2.11. The number of thiazole rings is 1. The molecule has 2 aromatic heterocycles. The lowest BCUT2D eigenvalue weighted by Gasteiger charge is -2.03. The van der Waals surface area contributed by atoms with Crippen LogP contribution in [0.1, 0.15) is 12.8 Å². The van der Waals surface area contributed by atoms with E-state index in [0.29, 0.717) is 11.6 Å². The Labute approximate surface area is 160 Å². The number of hydrogen-bond donors (Lipinski definition) is 1. The third-order valence-corrected chi connectivity index (χ3v) is 5.46. The number of hydrogen-bond acceptors (Lipinski definition) is 6. The molecule has 7 heteroatoms. The summed E-state index contributed by atoms with van der Waals surface area (Å²) in [5.41, 5.74) is 1.84. The molecule has 1 N–H and O–H groups in total. The van der Waals surface area contributed by atoms with E-state index in [1.54, 1.807) is 31.3 Å². The smallest absolute Gasteiger partial charge is 0.226 e. The molecule has 2 heterocycles. The minimum atomic E-state index is -0.00374. The van der Waals surface area contributed by atoms with Crippen LogP contribution in [0.25, 0.3) is 11.3 Å². The van der Waals surface area contributed by atoms with Gasteiger partial charge in [-0.1, -0.05) is 0 Å². The maximum absolute atomic E-state index is 12.1. The summed E-state index contributed by atoms with van der Waals surface area (Å²) in [6.45, 7) is 0. The SMILES string of the molecule is COc1ccc(-c2csc(NC(=O)CCCSc3ccncc3)n2)cc1. The van der Waals surface area contributed by atoms with E-state index in [1.807, 2.05) is 41.8 Å². The molecule has 0 aliphatic rings. The maximum Gasteiger partial charge on any atom is 0.226 e. The first-order chi connectivity index (χ1) is 12.7. The standard InChI is InChI=1S/C19H19N3O2S2/c1-24-15-6-4-14(5-7-15)17-13-26-19(21-17)22-18(23)3-2-12-25-16-8-10-20-11-9-16/h4-11,13H,2-3,12H2,1H3,(H,21,22,23). The van der Waals surface area contributed by atoms with Crippen LogP contribution in [0.5, 0.6) is 5.75 Å². The summed E-state index contributed by atoms with van der Waals surface area (Å²) in [4.78, 5) is 21.7. The van der Waals surface area contributed by atoms with E-state index in [0.717, 1.165) is 29.2 Å². The van der Waals surface area contributed by atoms with Gasteiger partial charge in [0.25, 0.3) is 0 Å². The number of carbonyl (C=O) groups excluding carboxylic acids is 1. The van der Waals surface area contributed by atoms with Crippen LogP contribution in [-0.4, -0.2) is 28.7 Å². The quantitative estimate of drug-likeness (QED) is 0.449. The molecule has 0 bridgehead atoms. The van der Waals surface area contributed by atoms with Crippen molar-refractivity contribution in [1.82, 2.24) is 9.97 Å². The van der Waals surface area contributed by atoms with Crippen LogP contribution in [0.4, 0.5) is 5.13 Å². The molecule has 5 nitrogen and oxygen atoms in total. The first kappa shape index (κ1) is 18.4. The number of nitrogens with zero attached hydrogens (tertiary/aromatic N) is 2. The molecule has 1 amide bonds. The molecule has 0 saturated carbocycles. The van der Waals surface area contributed by atoms with Gasteiger partial charge in [-0.3, -0.25) is 9.78 Å². The van der Waals surface area contributed by atoms with E-state index >= 15 is 0 Å². The van der Waals surface area contributed by atoms with Gasteiger partial charge in [0.2, 0.25) is 5.91 Å². The zero-order valence-corrected chi connectivity index (χ0v) is 16.0. The molecule has 0 unspecified atom stereocenters. The van der Waals surface area contributed by atoms with Crippen LogP contribution in [0, 0.1) is 0 Å². The van der Waals surface area contributed by atoms with Crippen LogP contribution in [0.2, 0.25) is 0 Å². The van der Waals surface area contributed by atoms with Gasteiger partial charge < -0.3 is 10.1 Å². The Morgan fingerprint density at radius 2 is 1.96 bits per heavy atom. The number of nitrogens with one attached hydrogen (secondary N) is 1. The summed E-state index contributed by atoms with van der Waals surface area (Å²) in [6, 6.07) is 11.6. The summed E-state index contributed by atoms with van der Waals surface area (Å²) in [5, 5.41) is 5.45. The number of ether oxygens (including phenoxy) is 1. The Kier molecular flexibility index (Phi) is 6.62. The number of methoxy groups -OCH3 is 1. The van der Waals surface area contributed by atoms with Gasteiger partial charge in [-0.05, 0) is 48.6 Å². The van der Waals surface area contributed by atoms with Crippen molar-refractivity contribution >= 4 is 34.1 Å². The minimum absolute atomic E-state index is 0.00374. The molecule has 0 aliphatic carbocycles. The lowest BCUT2D eigenvalue weighted by molar-refractivity contribution is -0.116. The van der Waals surface area contributed by atoms with Crippen molar-refractivity contribution in [3.8, 4) is 17.0 Å². The predicted octanol–water partition coefficient (Wildman–Crippen LogP) is 4.72. The summed E-state index contributed by atoms with van der Waals surface area (Å²) in [6.07, 6.45) is 4.85. The van der Waals surface area contributed by atoms with Gasteiger partial charge in [-0.25, -0.2) is 4.98 Å². The third kappa shape index (κ3) is 5.31. The number of carbonyl (C=O) groups is 1. The second kappa shape index (κ2) is 9.35. The molecule has 0 spiro atoms. The number of pyridine rings is 1. The van der Waals surface area contributed by atoms with E-state index in [9.17, 15) is 4.79 Å². The monoisotopic (exact) mass is 385 g/mol. The summed E-state index contributed by atoms with van der Waals surface area (Å²) < 4.78 is 5.16. The Morgan fingerprint density at radius 3 is 2.69 bits per heavy atom. The Bertz CT molecular complexity index is 836. The van der Waals surface area contributed by atoms with Crippen molar-refractivity contribution < 1.29 is 9.53 Å². The van der Waals surface area contributed by atoms with Crippen LogP contribution >= 0.6 is 23.1 Å². The van der Waals surface area contributed by atoms with Crippen LogP contribution in [-0.2, 0) is 4.79 Å². The number of benzene rings is 1. The van der Waals surface area contributed by atoms with Crippen molar-refractivity contribution in [2.24, 2.45) is 0 Å². The molecule has 0 saturated heterocycles. The van der Waals surface area contributed by atoms with E-state index in [-0.39, 0.29) is 5.91 Å². The Morgan fingerprint density at radius 1 is 1.19 bits per heavy atom.